The molecule has 118 valence electrons. The fraction of sp³-hybridized carbons (Fsp3) is 0.227. The van der Waals surface area contributed by atoms with Crippen LogP contribution >= 0.6 is 7.92 Å². The van der Waals surface area contributed by atoms with Gasteiger partial charge in [0, 0.05) is 0 Å². The highest BCUT2D eigenvalue weighted by Crippen LogP contribution is 2.37. The third-order valence-corrected chi connectivity index (χ3v) is 7.04. The summed E-state index contributed by atoms with van der Waals surface area (Å²) >= 11 is 0. The molecule has 0 nitrogen and oxygen atoms in total. The van der Waals surface area contributed by atoms with E-state index in [0.29, 0.717) is 5.92 Å². The number of hydrogen-bond donors (Lipinski definition) is 0. The molecule has 0 unspecified atom stereocenters. The smallest absolute Gasteiger partial charge is 0.0171 e. The normalized spacial score (nSPS) is 11.3. The Morgan fingerprint density at radius 2 is 1.30 bits per heavy atom. The Morgan fingerprint density at radius 1 is 0.783 bits per heavy atom. The summed E-state index contributed by atoms with van der Waals surface area (Å²) in [6.07, 6.45) is 2.42. The topological polar surface area (TPSA) is 0 Å². The molecule has 0 saturated carbocycles. The van der Waals surface area contributed by atoms with Crippen LogP contribution in [0.5, 0.6) is 0 Å². The zero-order valence-corrected chi connectivity index (χ0v) is 14.8. The van der Waals surface area contributed by atoms with Gasteiger partial charge in [-0.3, -0.25) is 0 Å². The van der Waals surface area contributed by atoms with Crippen LogP contribution in [0.2, 0.25) is 0 Å². The van der Waals surface area contributed by atoms with Crippen LogP contribution in [0.1, 0.15) is 38.2 Å². The zero-order valence-electron chi connectivity index (χ0n) is 13.9. The standard InChI is InChI=1S/C22H24P/c1-3-18(4-2)21-16-11-17-22(21)23(19-12-7-5-8-13-19)20-14-9-6-10-15-20/h5-18H,3-4H2,1-2H3/q-1. The average Bonchev–Trinajstić information content (AvgIpc) is 3.07. The minimum absolute atomic E-state index is 0.474. The molecule has 0 saturated heterocycles. The molecule has 0 radical (unpaired) electrons. The van der Waals surface area contributed by atoms with Crippen LogP contribution in [-0.2, 0) is 0 Å². The van der Waals surface area contributed by atoms with Gasteiger partial charge >= 0.3 is 0 Å². The van der Waals surface area contributed by atoms with E-state index >= 15 is 0 Å². The van der Waals surface area contributed by atoms with Gasteiger partial charge in [0.05, 0.1) is 0 Å². The van der Waals surface area contributed by atoms with Crippen molar-refractivity contribution in [2.75, 3.05) is 0 Å². The average molecular weight is 319 g/mol. The molecule has 0 fully saturated rings. The van der Waals surface area contributed by atoms with Gasteiger partial charge < -0.3 is 0 Å². The van der Waals surface area contributed by atoms with Crippen molar-refractivity contribution in [1.29, 1.82) is 0 Å². The molecule has 0 aromatic heterocycles. The van der Waals surface area contributed by atoms with Crippen molar-refractivity contribution < 1.29 is 0 Å². The maximum Gasteiger partial charge on any atom is -0.0171 e. The first kappa shape index (κ1) is 16.1. The fourth-order valence-electron chi connectivity index (χ4n) is 3.28. The summed E-state index contributed by atoms with van der Waals surface area (Å²) in [5.74, 6) is 0.664. The second-order valence-corrected chi connectivity index (χ2v) is 8.07. The lowest BCUT2D eigenvalue weighted by Gasteiger charge is -2.28. The first-order chi connectivity index (χ1) is 11.3. The first-order valence-electron chi connectivity index (χ1n) is 8.51. The second-order valence-electron chi connectivity index (χ2n) is 5.89. The first-order valence-corrected chi connectivity index (χ1v) is 9.85. The molecule has 0 N–H and O–H groups in total. The Bertz CT molecular complexity index is 668. The number of rotatable bonds is 6. The minimum atomic E-state index is -0.474. The maximum absolute atomic E-state index is 2.35. The molecular weight excluding hydrogens is 295 g/mol. The van der Waals surface area contributed by atoms with E-state index in [9.17, 15) is 0 Å². The van der Waals surface area contributed by atoms with E-state index < -0.39 is 7.92 Å². The van der Waals surface area contributed by atoms with Crippen molar-refractivity contribution in [3.8, 4) is 0 Å². The van der Waals surface area contributed by atoms with E-state index in [1.54, 1.807) is 5.56 Å². The van der Waals surface area contributed by atoms with Crippen LogP contribution in [-0.4, -0.2) is 0 Å². The Balaban J connectivity index is 2.12. The monoisotopic (exact) mass is 319 g/mol. The lowest BCUT2D eigenvalue weighted by atomic mass is 9.96. The molecule has 0 aliphatic heterocycles. The molecule has 0 heterocycles. The Labute approximate surface area is 141 Å². The highest BCUT2D eigenvalue weighted by Gasteiger charge is 2.16. The SMILES string of the molecule is CCC(CC)c1cc[cH-]c1P(c1ccccc1)c1ccccc1. The van der Waals surface area contributed by atoms with Crippen molar-refractivity contribution >= 4 is 23.8 Å². The van der Waals surface area contributed by atoms with Crippen LogP contribution in [0.25, 0.3) is 0 Å². The van der Waals surface area contributed by atoms with Crippen LogP contribution < -0.4 is 15.9 Å². The molecule has 0 spiro atoms. The summed E-state index contributed by atoms with van der Waals surface area (Å²) in [5.41, 5.74) is 1.55. The van der Waals surface area contributed by atoms with Crippen LogP contribution in [0, 0.1) is 0 Å². The molecule has 0 bridgehead atoms. The van der Waals surface area contributed by atoms with E-state index in [1.807, 2.05) is 0 Å². The van der Waals surface area contributed by atoms with Crippen LogP contribution in [0.15, 0.2) is 78.9 Å². The molecule has 3 aromatic rings. The summed E-state index contributed by atoms with van der Waals surface area (Å²) < 4.78 is 0. The van der Waals surface area contributed by atoms with E-state index in [4.69, 9.17) is 0 Å². The van der Waals surface area contributed by atoms with Crippen molar-refractivity contribution in [2.45, 2.75) is 32.6 Å². The van der Waals surface area contributed by atoms with Gasteiger partial charge in [-0.2, -0.15) is 17.7 Å². The Kier molecular flexibility index (Phi) is 5.36. The van der Waals surface area contributed by atoms with Gasteiger partial charge in [0.1, 0.15) is 0 Å². The fourth-order valence-corrected chi connectivity index (χ4v) is 5.83. The largest absolute Gasteiger partial charge is 0.210 e. The quantitative estimate of drug-likeness (QED) is 0.440. The predicted molar refractivity (Wildman–Crippen MR) is 104 cm³/mol. The molecule has 3 rings (SSSR count). The molecule has 1 heteroatoms. The van der Waals surface area contributed by atoms with E-state index in [-0.39, 0.29) is 0 Å². The van der Waals surface area contributed by atoms with E-state index in [0.717, 1.165) is 0 Å². The lowest BCUT2D eigenvalue weighted by Crippen LogP contribution is -2.22. The molecule has 23 heavy (non-hydrogen) atoms. The predicted octanol–water partition coefficient (Wildman–Crippen LogP) is 5.07. The third kappa shape index (κ3) is 3.43. The van der Waals surface area contributed by atoms with Crippen molar-refractivity contribution in [1.82, 2.24) is 0 Å². The van der Waals surface area contributed by atoms with Gasteiger partial charge in [-0.15, -0.1) is 5.30 Å². The van der Waals surface area contributed by atoms with Gasteiger partial charge in [-0.25, -0.2) is 6.07 Å². The molecule has 0 atom stereocenters. The summed E-state index contributed by atoms with van der Waals surface area (Å²) in [6.45, 7) is 4.61. The van der Waals surface area contributed by atoms with Crippen molar-refractivity contribution in [3.63, 3.8) is 0 Å². The Morgan fingerprint density at radius 3 is 1.78 bits per heavy atom. The highest BCUT2D eigenvalue weighted by atomic mass is 31.1. The van der Waals surface area contributed by atoms with Gasteiger partial charge in [0.2, 0.25) is 0 Å². The zero-order chi connectivity index (χ0) is 16.1. The second kappa shape index (κ2) is 7.66. The van der Waals surface area contributed by atoms with Crippen molar-refractivity contribution in [3.05, 3.63) is 84.4 Å². The number of benzene rings is 2. The summed E-state index contributed by atoms with van der Waals surface area (Å²) in [4.78, 5) is 0. The number of hydrogen-bond acceptors (Lipinski definition) is 0. The molecule has 3 aromatic carbocycles. The van der Waals surface area contributed by atoms with Crippen molar-refractivity contribution in [2.24, 2.45) is 0 Å². The van der Waals surface area contributed by atoms with Gasteiger partial charge in [0.25, 0.3) is 0 Å². The van der Waals surface area contributed by atoms with Crippen LogP contribution in [0.3, 0.4) is 0 Å². The van der Waals surface area contributed by atoms with Gasteiger partial charge in [0.15, 0.2) is 0 Å². The van der Waals surface area contributed by atoms with E-state index in [1.165, 1.54) is 28.8 Å². The van der Waals surface area contributed by atoms with Gasteiger partial charge in [-0.05, 0) is 18.5 Å². The Hall–Kier alpha value is -1.78. The lowest BCUT2D eigenvalue weighted by molar-refractivity contribution is 0.646. The van der Waals surface area contributed by atoms with E-state index in [2.05, 4.69) is 92.7 Å². The summed E-state index contributed by atoms with van der Waals surface area (Å²) in [7, 11) is -0.474. The van der Waals surface area contributed by atoms with Crippen LogP contribution in [0.4, 0.5) is 0 Å². The third-order valence-electron chi connectivity index (χ3n) is 4.52. The summed E-state index contributed by atoms with van der Waals surface area (Å²) in [5, 5.41) is 4.41. The molecule has 0 aliphatic rings. The van der Waals surface area contributed by atoms with Gasteiger partial charge in [-0.1, -0.05) is 93.3 Å². The minimum Gasteiger partial charge on any atom is -0.210 e. The molecular formula is C22H24P-. The maximum atomic E-state index is 2.35. The highest BCUT2D eigenvalue weighted by molar-refractivity contribution is 7.79. The summed E-state index contributed by atoms with van der Waals surface area (Å²) in [6, 6.07) is 28.9. The molecule has 0 amide bonds. The molecule has 0 aliphatic carbocycles.